The quantitative estimate of drug-likeness (QED) is 0.757. The number of hydrogen-bond acceptors (Lipinski definition) is 4. The highest BCUT2D eigenvalue weighted by molar-refractivity contribution is 7.91. The Bertz CT molecular complexity index is 1020. The zero-order valence-electron chi connectivity index (χ0n) is 12.8. The van der Waals surface area contributed by atoms with Crippen molar-refractivity contribution < 1.29 is 18.3 Å². The summed E-state index contributed by atoms with van der Waals surface area (Å²) < 4.78 is 25.5. The highest BCUT2D eigenvalue weighted by atomic mass is 32.2. The Kier molecular flexibility index (Phi) is 4.26. The van der Waals surface area contributed by atoms with Crippen molar-refractivity contribution in [2.75, 3.05) is 0 Å². The molecule has 24 heavy (non-hydrogen) atoms. The Morgan fingerprint density at radius 1 is 1.00 bits per heavy atom. The number of aromatic carboxylic acids is 1. The molecule has 1 N–H and O–H groups in total. The van der Waals surface area contributed by atoms with Crippen molar-refractivity contribution in [2.24, 2.45) is 0 Å². The van der Waals surface area contributed by atoms with Crippen LogP contribution >= 0.6 is 11.3 Å². The Balaban J connectivity index is 2.07. The van der Waals surface area contributed by atoms with Crippen LogP contribution in [0.5, 0.6) is 0 Å². The van der Waals surface area contributed by atoms with Crippen LogP contribution in [0.25, 0.3) is 11.1 Å². The number of carbonyl (C=O) groups is 1. The average molecular weight is 358 g/mol. The third kappa shape index (κ3) is 2.98. The molecular formula is C18H14O4S2. The van der Waals surface area contributed by atoms with Crippen LogP contribution < -0.4 is 0 Å². The summed E-state index contributed by atoms with van der Waals surface area (Å²) in [5.41, 5.74) is 2.82. The largest absolute Gasteiger partial charge is 0.477 e. The number of sulfone groups is 1. The monoisotopic (exact) mass is 358 g/mol. The van der Waals surface area contributed by atoms with Crippen molar-refractivity contribution in [1.29, 1.82) is 0 Å². The molecule has 0 atom stereocenters. The fraction of sp³-hybridized carbons (Fsp3) is 0.0556. The highest BCUT2D eigenvalue weighted by Crippen LogP contribution is 2.30. The molecule has 2 aromatic carbocycles. The molecule has 3 rings (SSSR count). The molecule has 0 saturated carbocycles. The van der Waals surface area contributed by atoms with E-state index < -0.39 is 15.8 Å². The second-order valence-electron chi connectivity index (χ2n) is 5.30. The number of aryl methyl sites for hydroxylation is 1. The summed E-state index contributed by atoms with van der Waals surface area (Å²) in [5.74, 6) is -1.13. The fourth-order valence-electron chi connectivity index (χ4n) is 2.44. The maximum Gasteiger partial charge on any atom is 0.345 e. The first-order valence-corrected chi connectivity index (χ1v) is 9.49. The van der Waals surface area contributed by atoms with Crippen molar-refractivity contribution >= 4 is 27.1 Å². The molecule has 1 aromatic heterocycles. The molecule has 0 aliphatic heterocycles. The molecule has 3 aromatic rings. The summed E-state index contributed by atoms with van der Waals surface area (Å²) in [6.45, 7) is 1.97. The highest BCUT2D eigenvalue weighted by Gasteiger charge is 2.21. The molecule has 0 fully saturated rings. The molecule has 0 amide bonds. The van der Waals surface area contributed by atoms with Gasteiger partial charge in [-0.15, -0.1) is 11.3 Å². The Morgan fingerprint density at radius 3 is 2.42 bits per heavy atom. The number of thiophene rings is 1. The van der Waals surface area contributed by atoms with E-state index in [0.29, 0.717) is 0 Å². The van der Waals surface area contributed by atoms with Gasteiger partial charge in [0.15, 0.2) is 0 Å². The number of benzene rings is 2. The van der Waals surface area contributed by atoms with E-state index in [1.54, 1.807) is 12.1 Å². The van der Waals surface area contributed by atoms with E-state index in [0.717, 1.165) is 28.0 Å². The van der Waals surface area contributed by atoms with Gasteiger partial charge >= 0.3 is 5.97 Å². The molecule has 0 unspecified atom stereocenters. The molecule has 0 bridgehead atoms. The van der Waals surface area contributed by atoms with Gasteiger partial charge < -0.3 is 5.11 Å². The molecule has 1 heterocycles. The number of hydrogen-bond donors (Lipinski definition) is 1. The lowest BCUT2D eigenvalue weighted by atomic mass is 10.0. The molecule has 122 valence electrons. The second-order valence-corrected chi connectivity index (χ2v) is 8.16. The van der Waals surface area contributed by atoms with Gasteiger partial charge in [0.2, 0.25) is 9.84 Å². The van der Waals surface area contributed by atoms with Crippen LogP contribution in [0.4, 0.5) is 0 Å². The predicted octanol–water partition coefficient (Wildman–Crippen LogP) is 4.25. The number of carboxylic acid groups (broad SMARTS) is 1. The van der Waals surface area contributed by atoms with Crippen LogP contribution in [0.15, 0.2) is 69.8 Å². The Hall–Kier alpha value is -2.44. The summed E-state index contributed by atoms with van der Waals surface area (Å²) in [5, 5.41) is 10.3. The van der Waals surface area contributed by atoms with Crippen molar-refractivity contribution in [3.63, 3.8) is 0 Å². The van der Waals surface area contributed by atoms with Crippen LogP contribution in [0.3, 0.4) is 0 Å². The van der Waals surface area contributed by atoms with Crippen LogP contribution in [-0.4, -0.2) is 19.5 Å². The van der Waals surface area contributed by atoms with Gasteiger partial charge in [-0.1, -0.05) is 36.4 Å². The Morgan fingerprint density at radius 2 is 1.75 bits per heavy atom. The Labute approximate surface area is 143 Å². The normalized spacial score (nSPS) is 11.4. The zero-order chi connectivity index (χ0) is 17.3. The molecule has 0 aliphatic carbocycles. The van der Waals surface area contributed by atoms with E-state index in [-0.39, 0.29) is 14.7 Å². The molecule has 6 heteroatoms. The first kappa shape index (κ1) is 16.4. The molecular weight excluding hydrogens is 344 g/mol. The minimum absolute atomic E-state index is 0.00336. The molecule has 4 nitrogen and oxygen atoms in total. The summed E-state index contributed by atoms with van der Waals surface area (Å²) in [6.07, 6.45) is 0. The standard InChI is InChI=1S/C18H14O4S2/c1-12-5-2-3-8-16(12)13-6-4-7-14(9-13)24(21,22)15-10-17(18(19)20)23-11-15/h2-11H,1H3,(H,19,20). The first-order valence-electron chi connectivity index (χ1n) is 7.12. The van der Waals surface area contributed by atoms with Crippen LogP contribution in [0.1, 0.15) is 15.2 Å². The smallest absolute Gasteiger partial charge is 0.345 e. The maximum absolute atomic E-state index is 12.8. The van der Waals surface area contributed by atoms with Crippen LogP contribution in [-0.2, 0) is 9.84 Å². The first-order chi connectivity index (χ1) is 11.4. The summed E-state index contributed by atoms with van der Waals surface area (Å²) in [6, 6.07) is 15.6. The molecule has 0 spiro atoms. The van der Waals surface area contributed by atoms with Gasteiger partial charge in [0.1, 0.15) is 4.88 Å². The summed E-state index contributed by atoms with van der Waals surface area (Å²) in [4.78, 5) is 11.1. The van der Waals surface area contributed by atoms with Crippen molar-refractivity contribution in [2.45, 2.75) is 16.7 Å². The average Bonchev–Trinajstić information content (AvgIpc) is 3.06. The lowest BCUT2D eigenvalue weighted by Gasteiger charge is -2.08. The fourth-order valence-corrected chi connectivity index (χ4v) is 4.85. The van der Waals surface area contributed by atoms with Gasteiger partial charge in [0, 0.05) is 5.38 Å². The third-order valence-electron chi connectivity index (χ3n) is 3.70. The van der Waals surface area contributed by atoms with Gasteiger partial charge in [-0.25, -0.2) is 13.2 Å². The van der Waals surface area contributed by atoms with E-state index in [1.165, 1.54) is 17.5 Å². The van der Waals surface area contributed by atoms with Crippen LogP contribution in [0.2, 0.25) is 0 Å². The molecule has 0 radical (unpaired) electrons. The lowest BCUT2D eigenvalue weighted by molar-refractivity contribution is 0.0702. The lowest BCUT2D eigenvalue weighted by Crippen LogP contribution is -2.01. The van der Waals surface area contributed by atoms with Crippen molar-refractivity contribution in [3.05, 3.63) is 70.4 Å². The number of carboxylic acids is 1. The van der Waals surface area contributed by atoms with E-state index in [4.69, 9.17) is 5.11 Å². The molecule has 0 saturated heterocycles. The van der Waals surface area contributed by atoms with Gasteiger partial charge in [0.05, 0.1) is 9.79 Å². The van der Waals surface area contributed by atoms with Gasteiger partial charge in [-0.3, -0.25) is 0 Å². The zero-order valence-corrected chi connectivity index (χ0v) is 14.4. The van der Waals surface area contributed by atoms with Gasteiger partial charge in [-0.05, 0) is 41.8 Å². The van der Waals surface area contributed by atoms with E-state index in [1.807, 2.05) is 37.3 Å². The third-order valence-corrected chi connectivity index (χ3v) is 6.50. The minimum atomic E-state index is -3.75. The van der Waals surface area contributed by atoms with E-state index in [9.17, 15) is 13.2 Å². The van der Waals surface area contributed by atoms with E-state index in [2.05, 4.69) is 0 Å². The predicted molar refractivity (Wildman–Crippen MR) is 93.3 cm³/mol. The van der Waals surface area contributed by atoms with Gasteiger partial charge in [-0.2, -0.15) is 0 Å². The van der Waals surface area contributed by atoms with Crippen molar-refractivity contribution in [1.82, 2.24) is 0 Å². The van der Waals surface area contributed by atoms with Gasteiger partial charge in [0.25, 0.3) is 0 Å². The summed E-state index contributed by atoms with van der Waals surface area (Å²) in [7, 11) is -3.75. The minimum Gasteiger partial charge on any atom is -0.477 e. The summed E-state index contributed by atoms with van der Waals surface area (Å²) >= 11 is 0.904. The SMILES string of the molecule is Cc1ccccc1-c1cccc(S(=O)(=O)c2csc(C(=O)O)c2)c1. The maximum atomic E-state index is 12.8. The van der Waals surface area contributed by atoms with E-state index >= 15 is 0 Å². The topological polar surface area (TPSA) is 71.4 Å². The second kappa shape index (κ2) is 6.22. The number of rotatable bonds is 4. The van der Waals surface area contributed by atoms with Crippen molar-refractivity contribution in [3.8, 4) is 11.1 Å². The van der Waals surface area contributed by atoms with Crippen LogP contribution in [0, 0.1) is 6.92 Å². The molecule has 0 aliphatic rings.